The van der Waals surface area contributed by atoms with Crippen LogP contribution in [0.4, 0.5) is 18.9 Å². The van der Waals surface area contributed by atoms with Gasteiger partial charge in [-0.05, 0) is 36.6 Å². The summed E-state index contributed by atoms with van der Waals surface area (Å²) in [6, 6.07) is 4.94. The van der Waals surface area contributed by atoms with Gasteiger partial charge in [-0.3, -0.25) is 9.69 Å². The van der Waals surface area contributed by atoms with E-state index in [9.17, 15) is 18.0 Å². The molecule has 1 aromatic carbocycles. The maximum Gasteiger partial charge on any atom is 0.411 e. The van der Waals surface area contributed by atoms with Gasteiger partial charge < -0.3 is 4.74 Å². The Hall–Kier alpha value is -1.27. The van der Waals surface area contributed by atoms with Crippen molar-refractivity contribution in [1.29, 1.82) is 0 Å². The summed E-state index contributed by atoms with van der Waals surface area (Å²) in [5.74, 6) is -0.361. The number of rotatable bonds is 2. The van der Waals surface area contributed by atoms with Crippen LogP contribution < -0.4 is 4.90 Å². The Bertz CT molecular complexity index is 519. The van der Waals surface area contributed by atoms with E-state index in [0.29, 0.717) is 23.6 Å². The number of carbonyl (C=O) groups is 1. The van der Waals surface area contributed by atoms with Gasteiger partial charge in [0, 0.05) is 17.6 Å². The van der Waals surface area contributed by atoms with Gasteiger partial charge in [-0.15, -0.1) is 0 Å². The number of halogens is 4. The fourth-order valence-electron chi connectivity index (χ4n) is 2.27. The summed E-state index contributed by atoms with van der Waals surface area (Å²) in [5.41, 5.74) is 1.39. The van der Waals surface area contributed by atoms with E-state index in [1.165, 1.54) is 11.8 Å². The molecule has 110 valence electrons. The SMILES string of the molecule is CC(=O)N1c2ccc(Cl)cc2CC[C@@H]1OCC(F)(F)F. The van der Waals surface area contributed by atoms with Gasteiger partial charge in [0.25, 0.3) is 0 Å². The molecular formula is C13H13ClF3NO2. The highest BCUT2D eigenvalue weighted by atomic mass is 35.5. The summed E-state index contributed by atoms with van der Waals surface area (Å²) in [4.78, 5) is 13.0. The Kier molecular flexibility index (Phi) is 4.25. The van der Waals surface area contributed by atoms with E-state index in [2.05, 4.69) is 0 Å². The molecule has 3 nitrogen and oxygen atoms in total. The van der Waals surface area contributed by atoms with E-state index in [0.717, 1.165) is 5.56 Å². The number of anilines is 1. The Morgan fingerprint density at radius 3 is 2.80 bits per heavy atom. The lowest BCUT2D eigenvalue weighted by atomic mass is 10.0. The zero-order valence-electron chi connectivity index (χ0n) is 10.7. The van der Waals surface area contributed by atoms with Gasteiger partial charge in [0.2, 0.25) is 5.91 Å². The number of alkyl halides is 3. The number of ether oxygens (including phenoxy) is 1. The number of benzene rings is 1. The monoisotopic (exact) mass is 307 g/mol. The van der Waals surface area contributed by atoms with Crippen LogP contribution in [0.25, 0.3) is 0 Å². The standard InChI is InChI=1S/C13H13ClF3NO2/c1-8(19)18-11-4-3-10(14)6-9(11)2-5-12(18)20-7-13(15,16)17/h3-4,6,12H,2,5,7H2,1H3/t12-/m0/s1. The predicted molar refractivity (Wildman–Crippen MR) is 68.7 cm³/mol. The highest BCUT2D eigenvalue weighted by Crippen LogP contribution is 2.33. The van der Waals surface area contributed by atoms with Crippen LogP contribution in [0.5, 0.6) is 0 Å². The molecule has 0 aliphatic carbocycles. The number of fused-ring (bicyclic) bond motifs is 1. The fraction of sp³-hybridized carbons (Fsp3) is 0.462. The van der Waals surface area contributed by atoms with E-state index >= 15 is 0 Å². The number of aryl methyl sites for hydroxylation is 1. The average Bonchev–Trinajstić information content (AvgIpc) is 2.34. The summed E-state index contributed by atoms with van der Waals surface area (Å²) in [7, 11) is 0. The fourth-order valence-corrected chi connectivity index (χ4v) is 2.47. The minimum absolute atomic E-state index is 0.309. The van der Waals surface area contributed by atoms with Crippen LogP contribution >= 0.6 is 11.6 Å². The van der Waals surface area contributed by atoms with Crippen molar-refractivity contribution >= 4 is 23.2 Å². The first-order valence-electron chi connectivity index (χ1n) is 6.04. The summed E-state index contributed by atoms with van der Waals surface area (Å²) in [6.07, 6.45) is -4.49. The number of carbonyl (C=O) groups excluding carboxylic acids is 1. The third-order valence-electron chi connectivity index (χ3n) is 3.03. The van der Waals surface area contributed by atoms with E-state index in [4.69, 9.17) is 16.3 Å². The van der Waals surface area contributed by atoms with E-state index in [1.54, 1.807) is 18.2 Å². The zero-order chi connectivity index (χ0) is 14.9. The number of hydrogen-bond acceptors (Lipinski definition) is 2. The van der Waals surface area contributed by atoms with E-state index in [-0.39, 0.29) is 5.91 Å². The van der Waals surface area contributed by atoms with Crippen molar-refractivity contribution in [3.63, 3.8) is 0 Å². The Morgan fingerprint density at radius 1 is 1.50 bits per heavy atom. The Labute approximate surface area is 119 Å². The second-order valence-corrected chi connectivity index (χ2v) is 5.02. The van der Waals surface area contributed by atoms with Crippen molar-refractivity contribution in [2.24, 2.45) is 0 Å². The molecule has 0 saturated carbocycles. The smallest absolute Gasteiger partial charge is 0.348 e. The lowest BCUT2D eigenvalue weighted by molar-refractivity contribution is -0.186. The first-order chi connectivity index (χ1) is 9.28. The molecule has 1 amide bonds. The van der Waals surface area contributed by atoms with Crippen molar-refractivity contribution in [3.8, 4) is 0 Å². The predicted octanol–water partition coefficient (Wildman–Crippen LogP) is 3.54. The lowest BCUT2D eigenvalue weighted by Gasteiger charge is -2.36. The highest BCUT2D eigenvalue weighted by Gasteiger charge is 2.34. The van der Waals surface area contributed by atoms with E-state index in [1.807, 2.05) is 0 Å². The van der Waals surface area contributed by atoms with Crippen LogP contribution in [-0.2, 0) is 16.0 Å². The Balaban J connectivity index is 2.24. The second kappa shape index (κ2) is 5.61. The molecule has 0 bridgehead atoms. The molecular weight excluding hydrogens is 295 g/mol. The molecule has 0 N–H and O–H groups in total. The average molecular weight is 308 g/mol. The van der Waals surface area contributed by atoms with Gasteiger partial charge in [0.15, 0.2) is 0 Å². The molecule has 0 spiro atoms. The van der Waals surface area contributed by atoms with Gasteiger partial charge in [0.05, 0.1) is 0 Å². The maximum absolute atomic E-state index is 12.2. The lowest BCUT2D eigenvalue weighted by Crippen LogP contribution is -2.45. The van der Waals surface area contributed by atoms with Crippen LogP contribution in [0.1, 0.15) is 18.9 Å². The third-order valence-corrected chi connectivity index (χ3v) is 3.26. The molecule has 1 aliphatic heterocycles. The molecule has 0 fully saturated rings. The molecule has 0 aromatic heterocycles. The zero-order valence-corrected chi connectivity index (χ0v) is 11.5. The largest absolute Gasteiger partial charge is 0.411 e. The van der Waals surface area contributed by atoms with Gasteiger partial charge in [-0.1, -0.05) is 11.6 Å². The second-order valence-electron chi connectivity index (χ2n) is 4.58. The number of hydrogen-bond donors (Lipinski definition) is 0. The van der Waals surface area contributed by atoms with Crippen molar-refractivity contribution in [2.45, 2.75) is 32.2 Å². The topological polar surface area (TPSA) is 29.5 Å². The van der Waals surface area contributed by atoms with Crippen molar-refractivity contribution in [1.82, 2.24) is 0 Å². The molecule has 1 heterocycles. The minimum Gasteiger partial charge on any atom is -0.348 e. The molecule has 0 radical (unpaired) electrons. The molecule has 20 heavy (non-hydrogen) atoms. The van der Waals surface area contributed by atoms with Crippen molar-refractivity contribution in [2.75, 3.05) is 11.5 Å². The van der Waals surface area contributed by atoms with Crippen LogP contribution in [0.2, 0.25) is 5.02 Å². The molecule has 1 atom stereocenters. The van der Waals surface area contributed by atoms with Crippen molar-refractivity contribution in [3.05, 3.63) is 28.8 Å². The van der Waals surface area contributed by atoms with Crippen LogP contribution in [0.3, 0.4) is 0 Å². The quantitative estimate of drug-likeness (QED) is 0.836. The van der Waals surface area contributed by atoms with Gasteiger partial charge in [0.1, 0.15) is 12.8 Å². The summed E-state index contributed by atoms with van der Waals surface area (Å²) in [5, 5.41) is 0.530. The third kappa shape index (κ3) is 3.43. The van der Waals surface area contributed by atoms with Gasteiger partial charge in [-0.2, -0.15) is 13.2 Å². The molecule has 0 saturated heterocycles. The van der Waals surface area contributed by atoms with Crippen LogP contribution in [-0.4, -0.2) is 24.9 Å². The van der Waals surface area contributed by atoms with Crippen molar-refractivity contribution < 1.29 is 22.7 Å². The molecule has 1 aliphatic rings. The molecule has 0 unspecified atom stereocenters. The molecule has 2 rings (SSSR count). The number of nitrogens with zero attached hydrogens (tertiary/aromatic N) is 1. The molecule has 1 aromatic rings. The summed E-state index contributed by atoms with van der Waals surface area (Å²) >= 11 is 5.88. The van der Waals surface area contributed by atoms with Gasteiger partial charge in [-0.25, -0.2) is 0 Å². The van der Waals surface area contributed by atoms with Gasteiger partial charge >= 0.3 is 6.18 Å². The first-order valence-corrected chi connectivity index (χ1v) is 6.42. The summed E-state index contributed by atoms with van der Waals surface area (Å²) in [6.45, 7) is -0.0714. The Morgan fingerprint density at radius 2 is 2.20 bits per heavy atom. The minimum atomic E-state index is -4.41. The molecule has 7 heteroatoms. The summed E-state index contributed by atoms with van der Waals surface area (Å²) < 4.78 is 41.6. The van der Waals surface area contributed by atoms with Crippen LogP contribution in [0.15, 0.2) is 18.2 Å². The van der Waals surface area contributed by atoms with E-state index < -0.39 is 19.0 Å². The highest BCUT2D eigenvalue weighted by molar-refractivity contribution is 6.30. The first kappa shape index (κ1) is 15.1. The number of amides is 1. The van der Waals surface area contributed by atoms with Crippen LogP contribution in [0, 0.1) is 0 Å². The maximum atomic E-state index is 12.2. The normalized spacial score (nSPS) is 18.9.